The molecule has 5 heteroatoms. The molecule has 1 fully saturated rings. The number of rotatable bonds is 13. The number of hydrogen-bond donors (Lipinski definition) is 3. The molecule has 1 rings (SSSR count). The van der Waals surface area contributed by atoms with Crippen LogP contribution in [0.4, 0.5) is 0 Å². The second-order valence-corrected chi connectivity index (χ2v) is 6.20. The predicted octanol–water partition coefficient (Wildman–Crippen LogP) is 1.97. The van der Waals surface area contributed by atoms with E-state index in [9.17, 15) is 0 Å². The molecule has 0 aromatic heterocycles. The van der Waals surface area contributed by atoms with Gasteiger partial charge in [-0.3, -0.25) is 10.7 Å². The summed E-state index contributed by atoms with van der Waals surface area (Å²) >= 11 is 0. The van der Waals surface area contributed by atoms with Gasteiger partial charge in [0.05, 0.1) is 19.4 Å². The largest absolute Gasteiger partial charge is 0.379 e. The highest BCUT2D eigenvalue weighted by molar-refractivity contribution is 4.61. The Balaban J connectivity index is 1.72. The van der Waals surface area contributed by atoms with Crippen LogP contribution in [0.2, 0.25) is 0 Å². The second kappa shape index (κ2) is 13.5. The lowest BCUT2D eigenvalue weighted by atomic mass is 10.1. The summed E-state index contributed by atoms with van der Waals surface area (Å²) in [4.78, 5) is 2.53. The molecular weight excluding hydrogens is 264 g/mol. The fourth-order valence-electron chi connectivity index (χ4n) is 2.85. The first kappa shape index (κ1) is 18.8. The van der Waals surface area contributed by atoms with Crippen molar-refractivity contribution in [3.05, 3.63) is 0 Å². The summed E-state index contributed by atoms with van der Waals surface area (Å²) in [6.07, 6.45) is 13.0. The molecule has 0 spiro atoms. The number of hydrazine groups is 1. The Hall–Kier alpha value is -0.200. The predicted molar refractivity (Wildman–Crippen MR) is 88.7 cm³/mol. The van der Waals surface area contributed by atoms with Crippen LogP contribution in [0.1, 0.15) is 64.2 Å². The Morgan fingerprint density at radius 1 is 0.857 bits per heavy atom. The van der Waals surface area contributed by atoms with E-state index in [1.807, 2.05) is 0 Å². The van der Waals surface area contributed by atoms with E-state index in [1.165, 1.54) is 64.3 Å². The minimum absolute atomic E-state index is 0.0310. The Morgan fingerprint density at radius 3 is 1.95 bits per heavy atom. The maximum Gasteiger partial charge on any atom is 0.0676 e. The van der Waals surface area contributed by atoms with Crippen molar-refractivity contribution in [2.45, 2.75) is 70.4 Å². The molecule has 0 radical (unpaired) electrons. The summed E-state index contributed by atoms with van der Waals surface area (Å²) in [6.45, 7) is 5.37. The Bertz CT molecular complexity index is 222. The van der Waals surface area contributed by atoms with Crippen molar-refractivity contribution in [3.8, 4) is 0 Å². The van der Waals surface area contributed by atoms with Crippen LogP contribution in [0.25, 0.3) is 0 Å². The maximum atomic E-state index is 5.69. The second-order valence-electron chi connectivity index (χ2n) is 6.20. The lowest BCUT2D eigenvalue weighted by Crippen LogP contribution is -2.41. The van der Waals surface area contributed by atoms with Gasteiger partial charge in [0.25, 0.3) is 0 Å². The van der Waals surface area contributed by atoms with E-state index in [2.05, 4.69) is 10.3 Å². The minimum atomic E-state index is -0.0310. The molecule has 0 bridgehead atoms. The van der Waals surface area contributed by atoms with Crippen molar-refractivity contribution in [1.29, 1.82) is 0 Å². The number of unbranched alkanes of at least 4 members (excludes halogenated alkanes) is 8. The summed E-state index contributed by atoms with van der Waals surface area (Å²) < 4.78 is 5.36. The highest BCUT2D eigenvalue weighted by Crippen LogP contribution is 2.11. The molecule has 0 aromatic rings. The third kappa shape index (κ3) is 11.1. The SMILES string of the molecule is NNC(N)CCCCCCCCCCCN1CCOCC1. The molecule has 126 valence electrons. The molecule has 1 aliphatic rings. The van der Waals surface area contributed by atoms with Gasteiger partial charge in [-0.1, -0.05) is 51.4 Å². The molecule has 0 aromatic carbocycles. The number of hydrogen-bond acceptors (Lipinski definition) is 5. The summed E-state index contributed by atoms with van der Waals surface area (Å²) in [5.41, 5.74) is 8.28. The smallest absolute Gasteiger partial charge is 0.0676 e. The molecule has 5 N–H and O–H groups in total. The van der Waals surface area contributed by atoms with Crippen molar-refractivity contribution < 1.29 is 4.74 Å². The lowest BCUT2D eigenvalue weighted by Gasteiger charge is -2.26. The first-order valence-corrected chi connectivity index (χ1v) is 8.84. The molecule has 0 amide bonds. The van der Waals surface area contributed by atoms with Gasteiger partial charge in [0.2, 0.25) is 0 Å². The molecule has 1 saturated heterocycles. The van der Waals surface area contributed by atoms with Crippen molar-refractivity contribution >= 4 is 0 Å². The fourth-order valence-corrected chi connectivity index (χ4v) is 2.85. The third-order valence-corrected chi connectivity index (χ3v) is 4.31. The molecule has 1 atom stereocenters. The van der Waals surface area contributed by atoms with Crippen LogP contribution in [-0.2, 0) is 4.74 Å². The van der Waals surface area contributed by atoms with E-state index in [1.54, 1.807) is 0 Å². The van der Waals surface area contributed by atoms with Crippen molar-refractivity contribution in [2.24, 2.45) is 11.6 Å². The zero-order chi connectivity index (χ0) is 15.2. The van der Waals surface area contributed by atoms with E-state index in [4.69, 9.17) is 16.3 Å². The Morgan fingerprint density at radius 2 is 1.38 bits per heavy atom. The number of nitrogens with one attached hydrogen (secondary N) is 1. The van der Waals surface area contributed by atoms with Crippen LogP contribution in [0.3, 0.4) is 0 Å². The quantitative estimate of drug-likeness (QED) is 0.210. The van der Waals surface area contributed by atoms with E-state index in [0.717, 1.165) is 32.7 Å². The summed E-state index contributed by atoms with van der Waals surface area (Å²) in [7, 11) is 0. The van der Waals surface area contributed by atoms with Gasteiger partial charge in [0.1, 0.15) is 0 Å². The first-order chi connectivity index (χ1) is 10.3. The standard InChI is InChI=1S/C16H36N4O/c17-16(19-18)10-8-6-4-2-1-3-5-7-9-11-20-12-14-21-15-13-20/h16,19H,1-15,17-18H2. The average Bonchev–Trinajstić information content (AvgIpc) is 2.53. The third-order valence-electron chi connectivity index (χ3n) is 4.31. The van der Waals surface area contributed by atoms with Crippen molar-refractivity contribution in [2.75, 3.05) is 32.8 Å². The zero-order valence-electron chi connectivity index (χ0n) is 13.7. The molecule has 1 unspecified atom stereocenters. The van der Waals surface area contributed by atoms with Crippen molar-refractivity contribution in [3.63, 3.8) is 0 Å². The van der Waals surface area contributed by atoms with E-state index < -0.39 is 0 Å². The monoisotopic (exact) mass is 300 g/mol. The van der Waals surface area contributed by atoms with Crippen LogP contribution in [-0.4, -0.2) is 43.9 Å². The van der Waals surface area contributed by atoms with Gasteiger partial charge in [-0.25, -0.2) is 5.43 Å². The Kier molecular flexibility index (Phi) is 12.1. The van der Waals surface area contributed by atoms with E-state index in [-0.39, 0.29) is 6.17 Å². The van der Waals surface area contributed by atoms with E-state index >= 15 is 0 Å². The minimum Gasteiger partial charge on any atom is -0.379 e. The highest BCUT2D eigenvalue weighted by atomic mass is 16.5. The highest BCUT2D eigenvalue weighted by Gasteiger charge is 2.08. The number of ether oxygens (including phenoxy) is 1. The van der Waals surface area contributed by atoms with Gasteiger partial charge in [-0.2, -0.15) is 0 Å². The van der Waals surface area contributed by atoms with Gasteiger partial charge < -0.3 is 10.5 Å². The summed E-state index contributed by atoms with van der Waals surface area (Å²) in [5, 5.41) is 0. The van der Waals surface area contributed by atoms with Gasteiger partial charge in [0, 0.05) is 13.1 Å². The van der Waals surface area contributed by atoms with Crippen LogP contribution in [0.15, 0.2) is 0 Å². The van der Waals surface area contributed by atoms with Crippen LogP contribution >= 0.6 is 0 Å². The molecule has 0 saturated carbocycles. The lowest BCUT2D eigenvalue weighted by molar-refractivity contribution is 0.0371. The molecule has 21 heavy (non-hydrogen) atoms. The zero-order valence-corrected chi connectivity index (χ0v) is 13.7. The maximum absolute atomic E-state index is 5.69. The molecule has 5 nitrogen and oxygen atoms in total. The average molecular weight is 300 g/mol. The normalized spacial score (nSPS) is 18.0. The Labute approximate surface area is 130 Å². The summed E-state index contributed by atoms with van der Waals surface area (Å²) in [6, 6.07) is 0. The van der Waals surface area contributed by atoms with Crippen LogP contribution in [0, 0.1) is 0 Å². The number of morpholine rings is 1. The van der Waals surface area contributed by atoms with Crippen LogP contribution < -0.4 is 17.0 Å². The van der Waals surface area contributed by atoms with Crippen LogP contribution in [0.5, 0.6) is 0 Å². The van der Waals surface area contributed by atoms with Crippen molar-refractivity contribution in [1.82, 2.24) is 10.3 Å². The molecule has 1 heterocycles. The van der Waals surface area contributed by atoms with Gasteiger partial charge in [-0.05, 0) is 19.4 Å². The van der Waals surface area contributed by atoms with Gasteiger partial charge in [-0.15, -0.1) is 0 Å². The molecule has 1 aliphatic heterocycles. The first-order valence-electron chi connectivity index (χ1n) is 8.84. The fraction of sp³-hybridized carbons (Fsp3) is 1.00. The van der Waals surface area contributed by atoms with Gasteiger partial charge >= 0.3 is 0 Å². The number of nitrogens with two attached hydrogens (primary N) is 2. The van der Waals surface area contributed by atoms with E-state index in [0.29, 0.717) is 0 Å². The molecular formula is C16H36N4O. The number of nitrogens with zero attached hydrogens (tertiary/aromatic N) is 1. The molecule has 0 aliphatic carbocycles. The van der Waals surface area contributed by atoms with Gasteiger partial charge in [0.15, 0.2) is 0 Å². The topological polar surface area (TPSA) is 76.5 Å². The summed E-state index contributed by atoms with van der Waals surface area (Å²) in [5.74, 6) is 5.26.